The number of aryl methyl sites for hydroxylation is 1. The topological polar surface area (TPSA) is 84.3 Å². The van der Waals surface area contributed by atoms with E-state index < -0.39 is 15.9 Å². The molecule has 29 heavy (non-hydrogen) atoms. The Hall–Kier alpha value is -1.61. The van der Waals surface area contributed by atoms with Gasteiger partial charge in [0.25, 0.3) is 0 Å². The highest BCUT2D eigenvalue weighted by Crippen LogP contribution is 2.28. The highest BCUT2D eigenvalue weighted by Gasteiger charge is 2.29. The Morgan fingerprint density at radius 2 is 1.90 bits per heavy atom. The first kappa shape index (κ1) is 23.7. The van der Waals surface area contributed by atoms with Gasteiger partial charge in [0, 0.05) is 30.1 Å². The van der Waals surface area contributed by atoms with Crippen molar-refractivity contribution in [3.63, 3.8) is 0 Å². The molecule has 0 saturated carbocycles. The van der Waals surface area contributed by atoms with E-state index in [-0.39, 0.29) is 33.4 Å². The number of hydrogen-bond acceptors (Lipinski definition) is 4. The molecule has 7 nitrogen and oxygen atoms in total. The van der Waals surface area contributed by atoms with Crippen molar-refractivity contribution in [2.75, 3.05) is 18.4 Å². The Bertz CT molecular complexity index is 997. The van der Waals surface area contributed by atoms with Gasteiger partial charge in [-0.3, -0.25) is 9.48 Å². The standard InChI is InChI=1S/C19H26Cl2N4O3S/c1-6-9-25(29(27,28)15-10-13(20)7-8-14(15)21)12-18(26)22-17-11-16(19(2,3)4)23-24(17)5/h7-8,10-11H,6,9,12H2,1-5H3,(H,22,26). The number of nitrogens with zero attached hydrogens (tertiary/aromatic N) is 3. The van der Waals surface area contributed by atoms with Crippen LogP contribution in [0.3, 0.4) is 0 Å². The SMILES string of the molecule is CCCN(CC(=O)Nc1cc(C(C)(C)C)nn1C)S(=O)(=O)c1cc(Cl)ccc1Cl. The summed E-state index contributed by atoms with van der Waals surface area (Å²) in [6.45, 7) is 7.70. The van der Waals surface area contributed by atoms with Gasteiger partial charge in [-0.25, -0.2) is 8.42 Å². The van der Waals surface area contributed by atoms with Crippen LogP contribution in [0.25, 0.3) is 0 Å². The molecule has 1 N–H and O–H groups in total. The van der Waals surface area contributed by atoms with Crippen molar-refractivity contribution in [2.24, 2.45) is 7.05 Å². The highest BCUT2D eigenvalue weighted by molar-refractivity contribution is 7.89. The molecular formula is C19H26Cl2N4O3S. The minimum absolute atomic E-state index is 0.0531. The van der Waals surface area contributed by atoms with Gasteiger partial charge in [0.2, 0.25) is 15.9 Å². The number of hydrogen-bond donors (Lipinski definition) is 1. The van der Waals surface area contributed by atoms with Gasteiger partial charge in [0.15, 0.2) is 0 Å². The van der Waals surface area contributed by atoms with Crippen molar-refractivity contribution in [3.05, 3.63) is 40.0 Å². The zero-order valence-corrected chi connectivity index (χ0v) is 19.5. The molecule has 1 heterocycles. The fourth-order valence-corrected chi connectivity index (χ4v) is 4.87. The lowest BCUT2D eigenvalue weighted by Crippen LogP contribution is -2.38. The summed E-state index contributed by atoms with van der Waals surface area (Å²) < 4.78 is 28.8. The summed E-state index contributed by atoms with van der Waals surface area (Å²) in [6, 6.07) is 6.00. The molecule has 0 saturated heterocycles. The zero-order valence-electron chi connectivity index (χ0n) is 17.2. The quantitative estimate of drug-likeness (QED) is 0.674. The summed E-state index contributed by atoms with van der Waals surface area (Å²) in [4.78, 5) is 12.5. The molecule has 2 aromatic rings. The van der Waals surface area contributed by atoms with Gasteiger partial charge in [-0.05, 0) is 24.6 Å². The second-order valence-electron chi connectivity index (χ2n) is 7.75. The van der Waals surface area contributed by atoms with Gasteiger partial charge in [-0.2, -0.15) is 9.40 Å². The predicted molar refractivity (Wildman–Crippen MR) is 116 cm³/mol. The van der Waals surface area contributed by atoms with E-state index in [1.807, 2.05) is 27.7 Å². The second-order valence-corrected chi connectivity index (χ2v) is 10.5. The molecule has 10 heteroatoms. The van der Waals surface area contributed by atoms with Crippen LogP contribution in [0, 0.1) is 0 Å². The Labute approximate surface area is 182 Å². The van der Waals surface area contributed by atoms with Crippen molar-refractivity contribution in [1.29, 1.82) is 0 Å². The molecule has 160 valence electrons. The van der Waals surface area contributed by atoms with Gasteiger partial charge >= 0.3 is 0 Å². The number of rotatable bonds is 7. The van der Waals surface area contributed by atoms with E-state index in [9.17, 15) is 13.2 Å². The van der Waals surface area contributed by atoms with Gasteiger partial charge in [-0.15, -0.1) is 0 Å². The zero-order chi connectivity index (χ0) is 22.0. The van der Waals surface area contributed by atoms with E-state index in [0.29, 0.717) is 12.2 Å². The average molecular weight is 461 g/mol. The largest absolute Gasteiger partial charge is 0.310 e. The van der Waals surface area contributed by atoms with Crippen LogP contribution in [-0.2, 0) is 27.3 Å². The summed E-state index contributed by atoms with van der Waals surface area (Å²) in [6.07, 6.45) is 0.532. The molecular weight excluding hydrogens is 435 g/mol. The van der Waals surface area contributed by atoms with E-state index in [0.717, 1.165) is 10.00 Å². The average Bonchev–Trinajstić information content (AvgIpc) is 2.97. The molecule has 0 bridgehead atoms. The number of carbonyl (C=O) groups is 1. The van der Waals surface area contributed by atoms with E-state index in [4.69, 9.17) is 23.2 Å². The Kier molecular flexibility index (Phi) is 7.37. The Morgan fingerprint density at radius 1 is 1.24 bits per heavy atom. The second kappa shape index (κ2) is 9.04. The van der Waals surface area contributed by atoms with Gasteiger partial charge < -0.3 is 5.32 Å². The van der Waals surface area contributed by atoms with Crippen LogP contribution in [0.4, 0.5) is 5.82 Å². The molecule has 0 aliphatic heterocycles. The number of carbonyl (C=O) groups excluding carboxylic acids is 1. The molecule has 1 aromatic carbocycles. The number of amides is 1. The number of aromatic nitrogens is 2. The fraction of sp³-hybridized carbons (Fsp3) is 0.474. The molecule has 0 spiro atoms. The normalized spacial score (nSPS) is 12.4. The number of anilines is 1. The summed E-state index contributed by atoms with van der Waals surface area (Å²) in [5, 5.41) is 7.45. The summed E-state index contributed by atoms with van der Waals surface area (Å²) in [5.74, 6) is 0.0261. The van der Waals surface area contributed by atoms with E-state index in [2.05, 4.69) is 10.4 Å². The molecule has 1 amide bonds. The summed E-state index contributed by atoms with van der Waals surface area (Å²) >= 11 is 12.0. The van der Waals surface area contributed by atoms with E-state index >= 15 is 0 Å². The predicted octanol–water partition coefficient (Wildman–Crippen LogP) is 4.06. The molecule has 0 aliphatic rings. The van der Waals surface area contributed by atoms with Crippen molar-refractivity contribution in [2.45, 2.75) is 44.4 Å². The molecule has 1 aromatic heterocycles. The first-order valence-corrected chi connectivity index (χ1v) is 11.4. The molecule has 2 rings (SSSR count). The number of benzene rings is 1. The van der Waals surface area contributed by atoms with Crippen LogP contribution in [0.15, 0.2) is 29.2 Å². The maximum absolute atomic E-state index is 13.1. The van der Waals surface area contributed by atoms with Crippen molar-refractivity contribution in [3.8, 4) is 0 Å². The third-order valence-electron chi connectivity index (χ3n) is 4.22. The van der Waals surface area contributed by atoms with E-state index in [1.54, 1.807) is 17.8 Å². The van der Waals surface area contributed by atoms with Crippen molar-refractivity contribution in [1.82, 2.24) is 14.1 Å². The number of sulfonamides is 1. The lowest BCUT2D eigenvalue weighted by molar-refractivity contribution is -0.116. The summed E-state index contributed by atoms with van der Waals surface area (Å²) in [7, 11) is -2.28. The van der Waals surface area contributed by atoms with Crippen molar-refractivity contribution >= 4 is 45.0 Å². The van der Waals surface area contributed by atoms with Gasteiger partial charge in [0.05, 0.1) is 17.3 Å². The lowest BCUT2D eigenvalue weighted by Gasteiger charge is -2.22. The highest BCUT2D eigenvalue weighted by atomic mass is 35.5. The van der Waals surface area contributed by atoms with Gasteiger partial charge in [-0.1, -0.05) is 50.9 Å². The molecule has 0 aliphatic carbocycles. The summed E-state index contributed by atoms with van der Waals surface area (Å²) in [5.41, 5.74) is 0.640. The third kappa shape index (κ3) is 5.72. The monoisotopic (exact) mass is 460 g/mol. The van der Waals surface area contributed by atoms with Crippen LogP contribution >= 0.6 is 23.2 Å². The first-order valence-electron chi connectivity index (χ1n) is 9.16. The number of halogens is 2. The minimum atomic E-state index is -4.00. The first-order chi connectivity index (χ1) is 13.4. The van der Waals surface area contributed by atoms with Crippen molar-refractivity contribution < 1.29 is 13.2 Å². The van der Waals surface area contributed by atoms with Crippen LogP contribution in [0.1, 0.15) is 39.8 Å². The van der Waals surface area contributed by atoms with Crippen LogP contribution in [0.5, 0.6) is 0 Å². The molecule has 0 unspecified atom stereocenters. The molecule has 0 fully saturated rings. The minimum Gasteiger partial charge on any atom is -0.310 e. The molecule has 0 radical (unpaired) electrons. The van der Waals surface area contributed by atoms with Crippen LogP contribution < -0.4 is 5.32 Å². The smallest absolute Gasteiger partial charge is 0.245 e. The van der Waals surface area contributed by atoms with Crippen LogP contribution in [0.2, 0.25) is 10.0 Å². The maximum atomic E-state index is 13.1. The lowest BCUT2D eigenvalue weighted by atomic mass is 9.92. The molecule has 0 atom stereocenters. The fourth-order valence-electron chi connectivity index (χ4n) is 2.64. The third-order valence-corrected chi connectivity index (χ3v) is 6.78. The van der Waals surface area contributed by atoms with Crippen LogP contribution in [-0.4, -0.2) is 41.5 Å². The maximum Gasteiger partial charge on any atom is 0.245 e. The number of nitrogens with one attached hydrogen (secondary N) is 1. The van der Waals surface area contributed by atoms with E-state index in [1.165, 1.54) is 18.2 Å². The van der Waals surface area contributed by atoms with Gasteiger partial charge in [0.1, 0.15) is 10.7 Å². The Balaban J connectivity index is 2.25. The Morgan fingerprint density at radius 3 is 2.45 bits per heavy atom.